The molecule has 6 heteroatoms. The van der Waals surface area contributed by atoms with Crippen LogP contribution in [-0.2, 0) is 13.1 Å². The van der Waals surface area contributed by atoms with Crippen molar-refractivity contribution in [2.45, 2.75) is 13.1 Å². The van der Waals surface area contributed by atoms with Gasteiger partial charge in [-0.3, -0.25) is 9.59 Å². The minimum absolute atomic E-state index is 0.106. The second kappa shape index (κ2) is 7.40. The standard InChI is InChI=1S/C27H16N2O4/c1-3-16-6-5-7-21(9-16)29-25(30)23-12-19-14-28(15-20(19)13-24(23)26(29)31)22-10-17(4-2)8-18(11-22)27(32)33/h1-2,5-13H,14-15H2,(H,32,33). The average molecular weight is 432 g/mol. The third-order valence-electron chi connectivity index (χ3n) is 5.90. The molecule has 0 aliphatic carbocycles. The lowest BCUT2D eigenvalue weighted by Crippen LogP contribution is -2.29. The molecule has 158 valence electrons. The predicted octanol–water partition coefficient (Wildman–Crippen LogP) is 3.67. The number of carbonyl (C=O) groups is 3. The van der Waals surface area contributed by atoms with Crippen molar-refractivity contribution in [3.05, 3.63) is 93.5 Å². The molecule has 0 radical (unpaired) electrons. The van der Waals surface area contributed by atoms with Crippen LogP contribution < -0.4 is 9.80 Å². The fraction of sp³-hybridized carbons (Fsp3) is 0.0741. The zero-order valence-electron chi connectivity index (χ0n) is 17.3. The fourth-order valence-corrected chi connectivity index (χ4v) is 4.29. The van der Waals surface area contributed by atoms with E-state index in [1.165, 1.54) is 6.07 Å². The molecule has 0 fully saturated rings. The molecule has 0 spiro atoms. The van der Waals surface area contributed by atoms with E-state index in [4.69, 9.17) is 12.8 Å². The number of hydrogen-bond acceptors (Lipinski definition) is 4. The lowest BCUT2D eigenvalue weighted by Gasteiger charge is -2.19. The summed E-state index contributed by atoms with van der Waals surface area (Å²) in [4.78, 5) is 40.8. The van der Waals surface area contributed by atoms with Gasteiger partial charge in [-0.2, -0.15) is 0 Å². The van der Waals surface area contributed by atoms with Gasteiger partial charge in [0.1, 0.15) is 0 Å². The number of amides is 2. The van der Waals surface area contributed by atoms with Crippen LogP contribution in [0.1, 0.15) is 53.3 Å². The molecule has 0 atom stereocenters. The van der Waals surface area contributed by atoms with Crippen molar-refractivity contribution < 1.29 is 19.5 Å². The monoisotopic (exact) mass is 432 g/mol. The summed E-state index contributed by atoms with van der Waals surface area (Å²) in [6.07, 6.45) is 10.9. The normalized spacial score (nSPS) is 14.0. The van der Waals surface area contributed by atoms with E-state index in [9.17, 15) is 19.5 Å². The van der Waals surface area contributed by atoms with Gasteiger partial charge in [-0.25, -0.2) is 9.69 Å². The minimum atomic E-state index is -1.06. The van der Waals surface area contributed by atoms with Crippen molar-refractivity contribution >= 4 is 29.2 Å². The number of aromatic carboxylic acids is 1. The molecule has 0 bridgehead atoms. The van der Waals surface area contributed by atoms with Crippen LogP contribution in [-0.4, -0.2) is 22.9 Å². The van der Waals surface area contributed by atoms with E-state index in [0.29, 0.717) is 46.7 Å². The summed E-state index contributed by atoms with van der Waals surface area (Å²) in [6.45, 7) is 0.924. The number of imide groups is 1. The highest BCUT2D eigenvalue weighted by molar-refractivity contribution is 6.34. The van der Waals surface area contributed by atoms with E-state index >= 15 is 0 Å². The highest BCUT2D eigenvalue weighted by Crippen LogP contribution is 2.36. The number of nitrogens with zero attached hydrogens (tertiary/aromatic N) is 2. The van der Waals surface area contributed by atoms with Crippen LogP contribution in [0.2, 0.25) is 0 Å². The van der Waals surface area contributed by atoms with Gasteiger partial charge in [0, 0.05) is 29.9 Å². The minimum Gasteiger partial charge on any atom is -0.478 e. The molecule has 2 amide bonds. The molecule has 33 heavy (non-hydrogen) atoms. The molecule has 0 unspecified atom stereocenters. The Kier molecular flexibility index (Phi) is 4.51. The van der Waals surface area contributed by atoms with E-state index in [1.54, 1.807) is 48.5 Å². The summed E-state index contributed by atoms with van der Waals surface area (Å²) in [7, 11) is 0. The number of fused-ring (bicyclic) bond motifs is 2. The predicted molar refractivity (Wildman–Crippen MR) is 123 cm³/mol. The Morgan fingerprint density at radius 2 is 1.42 bits per heavy atom. The van der Waals surface area contributed by atoms with Crippen LogP contribution >= 0.6 is 0 Å². The van der Waals surface area contributed by atoms with Crippen molar-refractivity contribution in [1.82, 2.24) is 0 Å². The number of anilines is 2. The van der Waals surface area contributed by atoms with Crippen molar-refractivity contribution in [3.8, 4) is 24.7 Å². The first kappa shape index (κ1) is 20.1. The summed E-state index contributed by atoms with van der Waals surface area (Å²) >= 11 is 0. The van der Waals surface area contributed by atoms with Gasteiger partial charge in [0.15, 0.2) is 0 Å². The molecular weight excluding hydrogens is 416 g/mol. The van der Waals surface area contributed by atoms with E-state index in [1.807, 2.05) is 4.90 Å². The largest absolute Gasteiger partial charge is 0.478 e. The lowest BCUT2D eigenvalue weighted by molar-refractivity contribution is 0.0696. The molecular formula is C27H16N2O4. The molecule has 0 saturated heterocycles. The number of carboxylic acid groups (broad SMARTS) is 1. The van der Waals surface area contributed by atoms with Crippen LogP contribution in [0.4, 0.5) is 11.4 Å². The summed E-state index contributed by atoms with van der Waals surface area (Å²) in [5.41, 5.74) is 4.75. The van der Waals surface area contributed by atoms with Crippen LogP contribution in [0.3, 0.4) is 0 Å². The summed E-state index contributed by atoms with van der Waals surface area (Å²) in [5.74, 6) is 3.15. The zero-order valence-corrected chi connectivity index (χ0v) is 17.3. The Hall–Kier alpha value is -4.81. The molecule has 2 aliphatic rings. The van der Waals surface area contributed by atoms with Gasteiger partial charge in [-0.1, -0.05) is 17.9 Å². The second-order valence-electron chi connectivity index (χ2n) is 7.88. The third kappa shape index (κ3) is 3.22. The average Bonchev–Trinajstić information content (AvgIpc) is 3.35. The number of hydrogen-bond donors (Lipinski definition) is 1. The molecule has 1 N–H and O–H groups in total. The van der Waals surface area contributed by atoms with Gasteiger partial charge >= 0.3 is 5.97 Å². The van der Waals surface area contributed by atoms with Crippen LogP contribution in [0.15, 0.2) is 54.6 Å². The Bertz CT molecular complexity index is 1430. The van der Waals surface area contributed by atoms with Crippen molar-refractivity contribution in [2.75, 3.05) is 9.80 Å². The van der Waals surface area contributed by atoms with E-state index in [2.05, 4.69) is 11.8 Å². The van der Waals surface area contributed by atoms with Crippen LogP contribution in [0.5, 0.6) is 0 Å². The highest BCUT2D eigenvalue weighted by Gasteiger charge is 2.38. The number of carboxylic acids is 1. The van der Waals surface area contributed by atoms with Gasteiger partial charge in [0.2, 0.25) is 0 Å². The first-order chi connectivity index (χ1) is 15.9. The molecule has 2 heterocycles. The first-order valence-electron chi connectivity index (χ1n) is 10.1. The number of carbonyl (C=O) groups excluding carboxylic acids is 2. The lowest BCUT2D eigenvalue weighted by atomic mass is 10.0. The maximum absolute atomic E-state index is 13.1. The summed E-state index contributed by atoms with van der Waals surface area (Å²) in [5, 5.41) is 9.39. The number of benzene rings is 3. The van der Waals surface area contributed by atoms with Crippen molar-refractivity contribution in [3.63, 3.8) is 0 Å². The molecule has 6 nitrogen and oxygen atoms in total. The maximum Gasteiger partial charge on any atom is 0.335 e. The Morgan fingerprint density at radius 1 is 0.818 bits per heavy atom. The topological polar surface area (TPSA) is 77.9 Å². The van der Waals surface area contributed by atoms with Crippen LogP contribution in [0.25, 0.3) is 0 Å². The first-order valence-corrected chi connectivity index (χ1v) is 10.1. The second-order valence-corrected chi connectivity index (χ2v) is 7.88. The zero-order chi connectivity index (χ0) is 23.3. The van der Waals surface area contributed by atoms with Gasteiger partial charge in [-0.15, -0.1) is 12.8 Å². The van der Waals surface area contributed by atoms with E-state index < -0.39 is 17.8 Å². The highest BCUT2D eigenvalue weighted by atomic mass is 16.4. The Labute approximate surface area is 190 Å². The number of rotatable bonds is 3. The van der Waals surface area contributed by atoms with E-state index in [-0.39, 0.29) is 5.56 Å². The van der Waals surface area contributed by atoms with E-state index in [0.717, 1.165) is 16.0 Å². The van der Waals surface area contributed by atoms with Gasteiger partial charge < -0.3 is 10.0 Å². The Balaban J connectivity index is 1.48. The quantitative estimate of drug-likeness (QED) is 0.505. The molecule has 0 aromatic heterocycles. The third-order valence-corrected chi connectivity index (χ3v) is 5.90. The van der Waals surface area contributed by atoms with Gasteiger partial charge in [0.25, 0.3) is 11.8 Å². The molecule has 0 saturated carbocycles. The Morgan fingerprint density at radius 3 is 2.00 bits per heavy atom. The maximum atomic E-state index is 13.1. The van der Waals surface area contributed by atoms with Crippen molar-refractivity contribution in [1.29, 1.82) is 0 Å². The number of terminal acetylenes is 2. The van der Waals surface area contributed by atoms with Gasteiger partial charge in [-0.05, 0) is 59.7 Å². The van der Waals surface area contributed by atoms with Crippen molar-refractivity contribution in [2.24, 2.45) is 0 Å². The van der Waals surface area contributed by atoms with Crippen LogP contribution in [0, 0.1) is 24.7 Å². The van der Waals surface area contributed by atoms with Gasteiger partial charge in [0.05, 0.1) is 22.4 Å². The smallest absolute Gasteiger partial charge is 0.335 e. The molecule has 3 aromatic rings. The summed E-state index contributed by atoms with van der Waals surface area (Å²) in [6, 6.07) is 15.0. The molecule has 5 rings (SSSR count). The summed E-state index contributed by atoms with van der Waals surface area (Å²) < 4.78 is 0. The molecule has 3 aromatic carbocycles. The fourth-order valence-electron chi connectivity index (χ4n) is 4.29. The SMILES string of the molecule is C#Cc1cc(C(=O)O)cc(N2Cc3cc4c(cc3C2)C(=O)N(c2cccc(C#C)c2)C4=O)c1. The molecule has 2 aliphatic heterocycles.